The second-order valence-electron chi connectivity index (χ2n) is 5.48. The number of nitrogens with zero attached hydrogens (tertiary/aromatic N) is 2. The Morgan fingerprint density at radius 2 is 2.20 bits per heavy atom. The number of aromatic nitrogens is 2. The molecule has 0 atom stereocenters. The molecule has 5 heteroatoms. The van der Waals surface area contributed by atoms with Crippen LogP contribution in [0.2, 0.25) is 0 Å². The molecule has 0 spiro atoms. The number of primary amides is 1. The molecule has 5 nitrogen and oxygen atoms in total. The summed E-state index contributed by atoms with van der Waals surface area (Å²) in [6.07, 6.45) is 5.12. The Morgan fingerprint density at radius 3 is 2.90 bits per heavy atom. The lowest BCUT2D eigenvalue weighted by Gasteiger charge is -2.11. The summed E-state index contributed by atoms with van der Waals surface area (Å²) in [4.78, 5) is 11.5. The Hall–Kier alpha value is -2.04. The predicted molar refractivity (Wildman–Crippen MR) is 76.7 cm³/mol. The number of ether oxygens (including phenoxy) is 1. The molecule has 0 saturated heterocycles. The second-order valence-corrected chi connectivity index (χ2v) is 5.48. The van der Waals surface area contributed by atoms with Crippen molar-refractivity contribution in [2.75, 3.05) is 6.61 Å². The van der Waals surface area contributed by atoms with Crippen LogP contribution < -0.4 is 10.5 Å². The normalized spacial score (nSPS) is 15.8. The van der Waals surface area contributed by atoms with Crippen LogP contribution in [0.1, 0.15) is 36.2 Å². The van der Waals surface area contributed by atoms with E-state index in [0.29, 0.717) is 11.6 Å². The maximum atomic E-state index is 11.5. The summed E-state index contributed by atoms with van der Waals surface area (Å²) in [5.74, 6) is 0.970. The number of rotatable bonds is 4. The molecule has 2 aromatic rings. The van der Waals surface area contributed by atoms with Gasteiger partial charge in [0.15, 0.2) is 0 Å². The van der Waals surface area contributed by atoms with Gasteiger partial charge in [0.05, 0.1) is 12.1 Å². The van der Waals surface area contributed by atoms with Gasteiger partial charge >= 0.3 is 0 Å². The zero-order chi connectivity index (χ0) is 14.1. The van der Waals surface area contributed by atoms with Crippen LogP contribution >= 0.6 is 0 Å². The molecule has 2 N–H and O–H groups in total. The van der Waals surface area contributed by atoms with Crippen LogP contribution in [0.4, 0.5) is 0 Å². The van der Waals surface area contributed by atoms with Gasteiger partial charge in [0, 0.05) is 12.4 Å². The van der Waals surface area contributed by atoms with E-state index in [2.05, 4.69) is 5.10 Å². The molecule has 1 aliphatic rings. The fourth-order valence-corrected chi connectivity index (χ4v) is 2.95. The number of aryl methyl sites for hydroxylation is 1. The molecule has 1 fully saturated rings. The second kappa shape index (κ2) is 5.15. The highest BCUT2D eigenvalue weighted by Crippen LogP contribution is 2.27. The van der Waals surface area contributed by atoms with Crippen molar-refractivity contribution in [3.8, 4) is 5.75 Å². The number of hydrogen-bond acceptors (Lipinski definition) is 3. The van der Waals surface area contributed by atoms with Gasteiger partial charge in [-0.05, 0) is 37.0 Å². The number of nitrogens with two attached hydrogens (primary N) is 1. The average Bonchev–Trinajstić information content (AvgIpc) is 3.01. The first kappa shape index (κ1) is 13.0. The van der Waals surface area contributed by atoms with Crippen molar-refractivity contribution < 1.29 is 9.53 Å². The van der Waals surface area contributed by atoms with Gasteiger partial charge in [-0.2, -0.15) is 5.10 Å². The van der Waals surface area contributed by atoms with Gasteiger partial charge in [0.25, 0.3) is 5.91 Å². The van der Waals surface area contributed by atoms with Gasteiger partial charge in [0.1, 0.15) is 11.4 Å². The number of carbonyl (C=O) groups is 1. The molecular formula is C15H19N3O2. The van der Waals surface area contributed by atoms with E-state index in [9.17, 15) is 4.79 Å². The van der Waals surface area contributed by atoms with Gasteiger partial charge in [-0.3, -0.25) is 9.48 Å². The van der Waals surface area contributed by atoms with Gasteiger partial charge in [0.2, 0.25) is 0 Å². The lowest BCUT2D eigenvalue weighted by Crippen LogP contribution is -2.16. The first-order valence-electron chi connectivity index (χ1n) is 7.04. The molecule has 0 radical (unpaired) electrons. The minimum atomic E-state index is -0.469. The van der Waals surface area contributed by atoms with E-state index in [1.54, 1.807) is 7.05 Å². The summed E-state index contributed by atoms with van der Waals surface area (Å²) < 4.78 is 7.37. The summed E-state index contributed by atoms with van der Waals surface area (Å²) in [5.41, 5.74) is 6.59. The molecule has 1 heterocycles. The Bertz CT molecular complexity index is 642. The van der Waals surface area contributed by atoms with E-state index in [1.807, 2.05) is 18.2 Å². The highest BCUT2D eigenvalue weighted by molar-refractivity contribution is 6.04. The summed E-state index contributed by atoms with van der Waals surface area (Å²) in [6.45, 7) is 0.748. The SMILES string of the molecule is Cn1nc2ccc(OCC3CCCC3)cc2c1C(N)=O. The van der Waals surface area contributed by atoms with E-state index in [0.717, 1.165) is 23.3 Å². The van der Waals surface area contributed by atoms with Crippen molar-refractivity contribution in [1.82, 2.24) is 9.78 Å². The van der Waals surface area contributed by atoms with Gasteiger partial charge in [-0.15, -0.1) is 0 Å². The monoisotopic (exact) mass is 273 g/mol. The van der Waals surface area contributed by atoms with E-state index < -0.39 is 5.91 Å². The molecule has 0 unspecified atom stereocenters. The highest BCUT2D eigenvalue weighted by atomic mass is 16.5. The first-order valence-corrected chi connectivity index (χ1v) is 7.04. The summed E-state index contributed by atoms with van der Waals surface area (Å²) >= 11 is 0. The number of hydrogen-bond donors (Lipinski definition) is 1. The third-order valence-electron chi connectivity index (χ3n) is 4.00. The van der Waals surface area contributed by atoms with Crippen LogP contribution in [0.5, 0.6) is 5.75 Å². The number of fused-ring (bicyclic) bond motifs is 1. The number of carbonyl (C=O) groups excluding carboxylic acids is 1. The van der Waals surface area contributed by atoms with Crippen molar-refractivity contribution in [1.29, 1.82) is 0 Å². The number of amides is 1. The molecule has 20 heavy (non-hydrogen) atoms. The average molecular weight is 273 g/mol. The minimum Gasteiger partial charge on any atom is -0.493 e. The summed E-state index contributed by atoms with van der Waals surface area (Å²) in [6, 6.07) is 5.62. The molecular weight excluding hydrogens is 254 g/mol. The van der Waals surface area contributed by atoms with E-state index >= 15 is 0 Å². The van der Waals surface area contributed by atoms with Crippen molar-refractivity contribution in [2.45, 2.75) is 25.7 Å². The van der Waals surface area contributed by atoms with Crippen molar-refractivity contribution >= 4 is 16.8 Å². The molecule has 0 aliphatic heterocycles. The topological polar surface area (TPSA) is 70.1 Å². The van der Waals surface area contributed by atoms with Crippen LogP contribution in [-0.4, -0.2) is 22.3 Å². The maximum absolute atomic E-state index is 11.5. The molecule has 106 valence electrons. The molecule has 3 rings (SSSR count). The van der Waals surface area contributed by atoms with Crippen LogP contribution in [0.25, 0.3) is 10.9 Å². The lowest BCUT2D eigenvalue weighted by molar-refractivity contribution is 0.0993. The van der Waals surface area contributed by atoms with Crippen LogP contribution in [0.3, 0.4) is 0 Å². The van der Waals surface area contributed by atoms with E-state index in [1.165, 1.54) is 30.4 Å². The largest absolute Gasteiger partial charge is 0.493 e. The quantitative estimate of drug-likeness (QED) is 0.928. The fraction of sp³-hybridized carbons (Fsp3) is 0.467. The summed E-state index contributed by atoms with van der Waals surface area (Å²) in [7, 11) is 1.72. The summed E-state index contributed by atoms with van der Waals surface area (Å²) in [5, 5.41) is 5.03. The van der Waals surface area contributed by atoms with Crippen molar-refractivity contribution in [3.63, 3.8) is 0 Å². The molecule has 1 aliphatic carbocycles. The first-order chi connectivity index (χ1) is 9.65. The van der Waals surface area contributed by atoms with Crippen LogP contribution in [0, 0.1) is 5.92 Å². The van der Waals surface area contributed by atoms with E-state index in [-0.39, 0.29) is 0 Å². The Morgan fingerprint density at radius 1 is 1.45 bits per heavy atom. The zero-order valence-electron chi connectivity index (χ0n) is 11.6. The Labute approximate surface area is 117 Å². The number of benzene rings is 1. The third-order valence-corrected chi connectivity index (χ3v) is 4.00. The van der Waals surface area contributed by atoms with Gasteiger partial charge < -0.3 is 10.5 Å². The standard InChI is InChI=1S/C15H19N3O2/c1-18-14(15(16)19)12-8-11(6-7-13(12)17-18)20-9-10-4-2-3-5-10/h6-8,10H,2-5,9H2,1H3,(H2,16,19). The van der Waals surface area contributed by atoms with Crippen molar-refractivity contribution in [3.05, 3.63) is 23.9 Å². The molecule has 1 aromatic heterocycles. The molecule has 0 bridgehead atoms. The van der Waals surface area contributed by atoms with Crippen LogP contribution in [0.15, 0.2) is 18.2 Å². The fourth-order valence-electron chi connectivity index (χ4n) is 2.95. The third kappa shape index (κ3) is 2.35. The highest BCUT2D eigenvalue weighted by Gasteiger charge is 2.17. The maximum Gasteiger partial charge on any atom is 0.267 e. The molecule has 1 saturated carbocycles. The Balaban J connectivity index is 1.85. The van der Waals surface area contributed by atoms with Gasteiger partial charge in [-0.25, -0.2) is 0 Å². The Kier molecular flexibility index (Phi) is 3.34. The smallest absolute Gasteiger partial charge is 0.267 e. The van der Waals surface area contributed by atoms with Crippen LogP contribution in [-0.2, 0) is 7.05 Å². The minimum absolute atomic E-state index is 0.423. The van der Waals surface area contributed by atoms with Gasteiger partial charge in [-0.1, -0.05) is 12.8 Å². The molecule has 1 aromatic carbocycles. The molecule has 1 amide bonds. The lowest BCUT2D eigenvalue weighted by atomic mass is 10.1. The predicted octanol–water partition coefficient (Wildman–Crippen LogP) is 2.24. The van der Waals surface area contributed by atoms with Crippen molar-refractivity contribution in [2.24, 2.45) is 18.7 Å². The van der Waals surface area contributed by atoms with E-state index in [4.69, 9.17) is 10.5 Å². The zero-order valence-corrected chi connectivity index (χ0v) is 11.6.